The van der Waals surface area contributed by atoms with E-state index in [-0.39, 0.29) is 0 Å². The van der Waals surface area contributed by atoms with Crippen molar-refractivity contribution in [1.82, 2.24) is 9.56 Å². The van der Waals surface area contributed by atoms with Crippen molar-refractivity contribution < 1.29 is 0 Å². The van der Waals surface area contributed by atoms with E-state index in [9.17, 15) is 0 Å². The second-order valence-corrected chi connectivity index (χ2v) is 22.4. The fourth-order valence-electron chi connectivity index (χ4n) is 2.89. The Morgan fingerprint density at radius 3 is 1.11 bits per heavy atom. The van der Waals surface area contributed by atoms with Gasteiger partial charge in [-0.2, -0.15) is 9.56 Å². The second kappa shape index (κ2) is 9.76. The molecule has 0 aliphatic heterocycles. The highest BCUT2D eigenvalue weighted by Gasteiger charge is 2.25. The molecule has 2 aromatic rings. The molecule has 6 heteroatoms. The summed E-state index contributed by atoms with van der Waals surface area (Å²) in [6, 6.07) is 21.9. The molecule has 0 unspecified atom stereocenters. The third-order valence-corrected chi connectivity index (χ3v) is 14.6. The molecule has 0 saturated carbocycles. The lowest BCUT2D eigenvalue weighted by Gasteiger charge is -2.29. The maximum Gasteiger partial charge on any atom is 0.0856 e. The molecule has 150 valence electrons. The highest BCUT2D eigenvalue weighted by molar-refractivity contribution is 7.52. The Morgan fingerprint density at radius 1 is 0.571 bits per heavy atom. The van der Waals surface area contributed by atoms with Crippen molar-refractivity contribution in [3.05, 3.63) is 71.8 Å². The Morgan fingerprint density at radius 2 is 0.857 bits per heavy atom. The first-order valence-corrected chi connectivity index (χ1v) is 18.5. The average Bonchev–Trinajstić information content (AvgIpc) is 2.63. The quantitative estimate of drug-likeness (QED) is 0.267. The Labute approximate surface area is 177 Å². The molecule has 2 aromatic carbocycles. The Bertz CT molecular complexity index is 752. The molecule has 28 heavy (non-hydrogen) atoms. The highest BCUT2D eigenvalue weighted by Crippen LogP contribution is 2.28. The lowest BCUT2D eigenvalue weighted by Crippen LogP contribution is -2.36. The molecule has 0 bridgehead atoms. The summed E-state index contributed by atoms with van der Waals surface area (Å²) in [6.45, 7) is 14.7. The van der Waals surface area contributed by atoms with E-state index in [2.05, 4.69) is 124 Å². The van der Waals surface area contributed by atoms with Gasteiger partial charge in [-0.15, -0.1) is 0 Å². The van der Waals surface area contributed by atoms with Crippen LogP contribution in [0.5, 0.6) is 0 Å². The van der Waals surface area contributed by atoms with Crippen LogP contribution in [-0.2, 0) is 0 Å². The maximum absolute atomic E-state index is 2.44. The third kappa shape index (κ3) is 6.59. The molecule has 2 nitrogen and oxygen atoms in total. The van der Waals surface area contributed by atoms with Gasteiger partial charge in [-0.05, 0) is 37.7 Å². The van der Waals surface area contributed by atoms with Gasteiger partial charge in [0, 0.05) is 14.1 Å². The van der Waals surface area contributed by atoms with Crippen molar-refractivity contribution in [2.45, 2.75) is 39.3 Å². The summed E-state index contributed by atoms with van der Waals surface area (Å²) < 4.78 is 4.73. The van der Waals surface area contributed by atoms with Gasteiger partial charge in [0.1, 0.15) is 0 Å². The SMILES string of the molecule is CN(P=C(c1ccccc1)[Si](C)(C)C)N(C)P=C(c1ccccc1)[Si](C)(C)C. The van der Waals surface area contributed by atoms with Crippen molar-refractivity contribution in [2.24, 2.45) is 0 Å². The molecule has 0 spiro atoms. The molecule has 0 radical (unpaired) electrons. The zero-order valence-corrected chi connectivity index (χ0v) is 22.4. The first-order chi connectivity index (χ1) is 13.0. The van der Waals surface area contributed by atoms with Crippen LogP contribution >= 0.6 is 16.7 Å². The van der Waals surface area contributed by atoms with Crippen LogP contribution < -0.4 is 0 Å². The van der Waals surface area contributed by atoms with Gasteiger partial charge in [0.15, 0.2) is 0 Å². The number of hydrazine groups is 1. The van der Waals surface area contributed by atoms with E-state index in [0.717, 1.165) is 0 Å². The zero-order valence-electron chi connectivity index (χ0n) is 18.6. The highest BCUT2D eigenvalue weighted by atomic mass is 31.1. The zero-order chi connectivity index (χ0) is 20.9. The van der Waals surface area contributed by atoms with E-state index in [0.29, 0.717) is 0 Å². The maximum atomic E-state index is 2.44. The fraction of sp³-hybridized carbons (Fsp3) is 0.364. The monoisotopic (exact) mass is 444 g/mol. The van der Waals surface area contributed by atoms with Crippen LogP contribution in [0.15, 0.2) is 60.7 Å². The largest absolute Gasteiger partial charge is 0.188 e. The minimum absolute atomic E-state index is 1.29. The van der Waals surface area contributed by atoms with Crippen molar-refractivity contribution in [3.63, 3.8) is 0 Å². The summed E-state index contributed by atoms with van der Waals surface area (Å²) in [7, 11) is 4.11. The van der Waals surface area contributed by atoms with Crippen LogP contribution in [0.2, 0.25) is 39.3 Å². The lowest BCUT2D eigenvalue weighted by molar-refractivity contribution is 0.282. The summed E-state index contributed by atoms with van der Waals surface area (Å²) >= 11 is 0. The molecule has 0 atom stereocenters. The van der Waals surface area contributed by atoms with E-state index in [1.807, 2.05) is 0 Å². The number of rotatable bonds is 7. The van der Waals surface area contributed by atoms with Crippen LogP contribution in [0.1, 0.15) is 11.1 Å². The van der Waals surface area contributed by atoms with Gasteiger partial charge >= 0.3 is 0 Å². The number of nitrogens with zero attached hydrogens (tertiary/aromatic N) is 2. The molecule has 0 aliphatic rings. The molecule has 0 fully saturated rings. The standard InChI is InChI=1S/C22H34N2P2Si2/c1-23(25-21(27(3,4)5)19-15-11-9-12-16-19)24(2)26-22(28(6,7)8)20-17-13-10-14-18-20/h9-18H,1-8H3. The number of hydrogen-bond donors (Lipinski definition) is 0. The normalized spacial score (nSPS) is 14.1. The molecule has 0 N–H and O–H groups in total. The molecule has 0 amide bonds. The molecular formula is C22H34N2P2Si2. The summed E-state index contributed by atoms with van der Waals surface area (Å²) in [5.41, 5.74) is 2.77. The minimum Gasteiger partial charge on any atom is -0.188 e. The Balaban J connectivity index is 2.41. The van der Waals surface area contributed by atoms with Gasteiger partial charge in [-0.3, -0.25) is 0 Å². The summed E-state index contributed by atoms with van der Waals surface area (Å²) in [6.07, 6.45) is 0. The van der Waals surface area contributed by atoms with Gasteiger partial charge in [0.25, 0.3) is 0 Å². The molecule has 0 heterocycles. The number of benzene rings is 2. The van der Waals surface area contributed by atoms with E-state index < -0.39 is 16.1 Å². The van der Waals surface area contributed by atoms with Crippen LogP contribution in [0.4, 0.5) is 0 Å². The summed E-state index contributed by atoms with van der Waals surface area (Å²) in [5, 5.41) is 0. The molecular weight excluding hydrogens is 410 g/mol. The van der Waals surface area contributed by atoms with Gasteiger partial charge < -0.3 is 0 Å². The third-order valence-electron chi connectivity index (χ3n) is 4.42. The fourth-order valence-corrected chi connectivity index (χ4v) is 9.83. The minimum atomic E-state index is -1.44. The van der Waals surface area contributed by atoms with Crippen LogP contribution in [0.25, 0.3) is 0 Å². The summed E-state index contributed by atoms with van der Waals surface area (Å²) in [4.78, 5) is 3.15. The molecule has 2 rings (SSSR count). The summed E-state index contributed by atoms with van der Waals surface area (Å²) in [5.74, 6) is 0. The first kappa shape index (κ1) is 23.4. The molecule has 0 aromatic heterocycles. The Kier molecular flexibility index (Phi) is 8.16. The van der Waals surface area contributed by atoms with Crippen LogP contribution in [-0.4, -0.2) is 49.6 Å². The molecule has 0 aliphatic carbocycles. The van der Waals surface area contributed by atoms with Gasteiger partial charge in [-0.25, -0.2) is 0 Å². The van der Waals surface area contributed by atoms with Gasteiger partial charge in [0.2, 0.25) is 0 Å². The second-order valence-electron chi connectivity index (χ2n) is 9.11. The van der Waals surface area contributed by atoms with Crippen molar-refractivity contribution in [2.75, 3.05) is 14.1 Å². The van der Waals surface area contributed by atoms with Crippen LogP contribution in [0.3, 0.4) is 0 Å². The number of hydrogen-bond acceptors (Lipinski definition) is 2. The lowest BCUT2D eigenvalue weighted by atomic mass is 10.2. The Hall–Kier alpha value is -0.866. The molecule has 0 saturated heterocycles. The van der Waals surface area contributed by atoms with E-state index >= 15 is 0 Å². The predicted octanol–water partition coefficient (Wildman–Crippen LogP) is 6.68. The average molecular weight is 445 g/mol. The van der Waals surface area contributed by atoms with Crippen LogP contribution in [0, 0.1) is 0 Å². The van der Waals surface area contributed by atoms with E-state index in [1.54, 1.807) is 9.83 Å². The van der Waals surface area contributed by atoms with Crippen molar-refractivity contribution in [1.29, 1.82) is 0 Å². The first-order valence-electron chi connectivity index (χ1n) is 9.76. The van der Waals surface area contributed by atoms with Gasteiger partial charge in [-0.1, -0.05) is 99.9 Å². The van der Waals surface area contributed by atoms with Crippen molar-refractivity contribution >= 4 is 42.7 Å². The van der Waals surface area contributed by atoms with E-state index in [4.69, 9.17) is 0 Å². The smallest absolute Gasteiger partial charge is 0.0856 e. The van der Waals surface area contributed by atoms with E-state index in [1.165, 1.54) is 27.8 Å². The van der Waals surface area contributed by atoms with Gasteiger partial charge in [0.05, 0.1) is 16.1 Å². The van der Waals surface area contributed by atoms with Crippen molar-refractivity contribution in [3.8, 4) is 0 Å². The predicted molar refractivity (Wildman–Crippen MR) is 137 cm³/mol. The topological polar surface area (TPSA) is 6.48 Å².